The van der Waals surface area contributed by atoms with Crippen LogP contribution in [0.4, 0.5) is 0 Å². The molecule has 8 rings (SSSR count). The minimum atomic E-state index is 0.645. The van der Waals surface area contributed by atoms with Crippen molar-refractivity contribution in [3.05, 3.63) is 121 Å². The van der Waals surface area contributed by atoms with Crippen LogP contribution in [0.3, 0.4) is 0 Å². The van der Waals surface area contributed by atoms with Crippen molar-refractivity contribution in [2.24, 2.45) is 0 Å². The highest BCUT2D eigenvalue weighted by atomic mass is 32.2. The highest BCUT2D eigenvalue weighted by Crippen LogP contribution is 2.49. The van der Waals surface area contributed by atoms with Gasteiger partial charge >= 0.3 is 0 Å². The normalized spacial score (nSPS) is 12.0. The molecule has 5 heteroatoms. The molecule has 0 saturated heterocycles. The maximum atomic E-state index is 5.17. The van der Waals surface area contributed by atoms with E-state index in [2.05, 4.69) is 54.6 Å². The molecule has 2 aromatic heterocycles. The van der Waals surface area contributed by atoms with Gasteiger partial charge in [0.15, 0.2) is 17.5 Å². The van der Waals surface area contributed by atoms with Crippen LogP contribution >= 0.6 is 11.8 Å². The summed E-state index contributed by atoms with van der Waals surface area (Å²) >= 11 is 1.79. The smallest absolute Gasteiger partial charge is 0.164 e. The van der Waals surface area contributed by atoms with E-state index in [0.717, 1.165) is 33.5 Å². The summed E-state index contributed by atoms with van der Waals surface area (Å²) < 4.78 is 0. The monoisotopic (exact) mass is 516 g/mol. The van der Waals surface area contributed by atoms with Crippen LogP contribution in [0, 0.1) is 0 Å². The van der Waals surface area contributed by atoms with Crippen LogP contribution in [-0.4, -0.2) is 19.9 Å². The summed E-state index contributed by atoms with van der Waals surface area (Å²) in [5, 5.41) is 3.61. The van der Waals surface area contributed by atoms with Gasteiger partial charge in [0, 0.05) is 42.8 Å². The quantitative estimate of drug-likeness (QED) is 0.220. The Morgan fingerprint density at radius 3 is 1.77 bits per heavy atom. The van der Waals surface area contributed by atoms with Crippen molar-refractivity contribution in [1.29, 1.82) is 0 Å². The lowest BCUT2D eigenvalue weighted by Gasteiger charge is -2.21. The van der Waals surface area contributed by atoms with Crippen LogP contribution in [0.2, 0.25) is 0 Å². The molecule has 1 aliphatic heterocycles. The van der Waals surface area contributed by atoms with Crippen molar-refractivity contribution < 1.29 is 0 Å². The van der Waals surface area contributed by atoms with Crippen molar-refractivity contribution >= 4 is 33.4 Å². The van der Waals surface area contributed by atoms with Gasteiger partial charge in [0.1, 0.15) is 0 Å². The van der Waals surface area contributed by atoms with E-state index in [1.54, 1.807) is 11.8 Å². The molecule has 0 fully saturated rings. The van der Waals surface area contributed by atoms with E-state index >= 15 is 0 Å². The van der Waals surface area contributed by atoms with E-state index in [4.69, 9.17) is 19.9 Å². The zero-order valence-corrected chi connectivity index (χ0v) is 21.6. The Labute approximate surface area is 229 Å². The molecule has 7 aromatic rings. The number of benzene rings is 5. The molecule has 1 aliphatic rings. The fourth-order valence-electron chi connectivity index (χ4n) is 5.25. The molecule has 0 aliphatic carbocycles. The van der Waals surface area contributed by atoms with Gasteiger partial charge in [-0.15, -0.1) is 0 Å². The molecular formula is C34H20N4S. The predicted molar refractivity (Wildman–Crippen MR) is 159 cm³/mol. The van der Waals surface area contributed by atoms with Crippen molar-refractivity contribution in [2.45, 2.75) is 9.79 Å². The molecule has 0 unspecified atom stereocenters. The van der Waals surface area contributed by atoms with Crippen LogP contribution in [0.1, 0.15) is 0 Å². The van der Waals surface area contributed by atoms with Crippen LogP contribution < -0.4 is 0 Å². The number of para-hydroxylation sites is 1. The second-order valence-electron chi connectivity index (χ2n) is 9.51. The summed E-state index contributed by atoms with van der Waals surface area (Å²) in [5.74, 6) is 1.96. The largest absolute Gasteiger partial charge is 0.247 e. The Balaban J connectivity index is 1.36. The Hall–Kier alpha value is -4.87. The molecule has 0 spiro atoms. The maximum Gasteiger partial charge on any atom is 0.164 e. The van der Waals surface area contributed by atoms with Gasteiger partial charge in [0.2, 0.25) is 0 Å². The number of aromatic nitrogens is 4. The third kappa shape index (κ3) is 3.70. The predicted octanol–water partition coefficient (Wildman–Crippen LogP) is 8.71. The lowest BCUT2D eigenvalue weighted by molar-refractivity contribution is 1.07. The molecule has 3 heterocycles. The third-order valence-electron chi connectivity index (χ3n) is 7.10. The van der Waals surface area contributed by atoms with Gasteiger partial charge < -0.3 is 0 Å². The van der Waals surface area contributed by atoms with Crippen molar-refractivity contribution in [3.8, 4) is 45.4 Å². The zero-order chi connectivity index (χ0) is 25.8. The number of fused-ring (bicyclic) bond motifs is 4. The highest BCUT2D eigenvalue weighted by Gasteiger charge is 2.23. The fourth-order valence-corrected chi connectivity index (χ4v) is 6.35. The summed E-state index contributed by atoms with van der Waals surface area (Å²) in [6.45, 7) is 0. The molecule has 5 aromatic carbocycles. The van der Waals surface area contributed by atoms with Gasteiger partial charge in [0.05, 0.1) is 11.2 Å². The van der Waals surface area contributed by atoms with Crippen molar-refractivity contribution in [1.82, 2.24) is 19.9 Å². The first kappa shape index (κ1) is 22.1. The SMILES string of the molecule is c1ccc(-c2nc(-c3ccccc3)nc(-c3ccc4c(c3)-c3nc5ccccc5c5cccc(c35)S4)n2)cc1. The van der Waals surface area contributed by atoms with Crippen LogP contribution in [0.15, 0.2) is 131 Å². The zero-order valence-electron chi connectivity index (χ0n) is 20.7. The van der Waals surface area contributed by atoms with Gasteiger partial charge in [-0.2, -0.15) is 0 Å². The van der Waals surface area contributed by atoms with Gasteiger partial charge in [-0.3, -0.25) is 0 Å². The Kier molecular flexibility index (Phi) is 5.03. The lowest BCUT2D eigenvalue weighted by Crippen LogP contribution is -2.01. The molecule has 182 valence electrons. The van der Waals surface area contributed by atoms with E-state index in [1.165, 1.54) is 25.9 Å². The minimum Gasteiger partial charge on any atom is -0.247 e. The maximum absolute atomic E-state index is 5.17. The number of nitrogens with zero attached hydrogens (tertiary/aromatic N) is 4. The molecule has 0 N–H and O–H groups in total. The van der Waals surface area contributed by atoms with Gasteiger partial charge in [0.25, 0.3) is 0 Å². The molecule has 39 heavy (non-hydrogen) atoms. The molecule has 0 radical (unpaired) electrons. The van der Waals surface area contributed by atoms with Crippen LogP contribution in [-0.2, 0) is 0 Å². The molecule has 0 saturated carbocycles. The first-order valence-corrected chi connectivity index (χ1v) is 13.6. The number of hydrogen-bond donors (Lipinski definition) is 0. The lowest BCUT2D eigenvalue weighted by atomic mass is 9.98. The summed E-state index contributed by atoms with van der Waals surface area (Å²) in [5.41, 5.74) is 5.97. The van der Waals surface area contributed by atoms with E-state index in [1.807, 2.05) is 66.7 Å². The average molecular weight is 517 g/mol. The van der Waals surface area contributed by atoms with Crippen LogP contribution in [0.25, 0.3) is 67.1 Å². The standard InChI is InChI=1S/C34H20N4S/c1-3-10-21(11-4-1)32-36-33(22-12-5-2-6-13-22)38-34(37-32)23-18-19-28-26(20-23)31-30-25(15-9-17-29(30)39-28)24-14-7-8-16-27(24)35-31/h1-20H. The molecule has 0 bridgehead atoms. The van der Waals surface area contributed by atoms with E-state index in [0.29, 0.717) is 17.5 Å². The second kappa shape index (κ2) is 8.86. The van der Waals surface area contributed by atoms with Crippen molar-refractivity contribution in [2.75, 3.05) is 0 Å². The highest BCUT2D eigenvalue weighted by molar-refractivity contribution is 7.99. The Morgan fingerprint density at radius 1 is 0.436 bits per heavy atom. The number of hydrogen-bond acceptors (Lipinski definition) is 5. The molecule has 0 amide bonds. The molecular weight excluding hydrogens is 496 g/mol. The second-order valence-corrected chi connectivity index (χ2v) is 10.6. The summed E-state index contributed by atoms with van der Waals surface area (Å²) in [6, 6.07) is 41.5. The topological polar surface area (TPSA) is 51.6 Å². The first-order valence-electron chi connectivity index (χ1n) is 12.8. The minimum absolute atomic E-state index is 0.645. The van der Waals surface area contributed by atoms with E-state index < -0.39 is 0 Å². The Bertz CT molecular complexity index is 1980. The Morgan fingerprint density at radius 2 is 1.05 bits per heavy atom. The first-order chi connectivity index (χ1) is 19.3. The molecule has 4 nitrogen and oxygen atoms in total. The number of rotatable bonds is 3. The summed E-state index contributed by atoms with van der Waals surface area (Å²) in [6.07, 6.45) is 0. The van der Waals surface area contributed by atoms with E-state index in [-0.39, 0.29) is 0 Å². The van der Waals surface area contributed by atoms with Crippen LogP contribution in [0.5, 0.6) is 0 Å². The van der Waals surface area contributed by atoms with Gasteiger partial charge in [-0.1, -0.05) is 109 Å². The summed E-state index contributed by atoms with van der Waals surface area (Å²) in [4.78, 5) is 22.3. The van der Waals surface area contributed by atoms with Gasteiger partial charge in [-0.25, -0.2) is 19.9 Å². The third-order valence-corrected chi connectivity index (χ3v) is 8.24. The van der Waals surface area contributed by atoms with E-state index in [9.17, 15) is 0 Å². The average Bonchev–Trinajstić information content (AvgIpc) is 3.02. The van der Waals surface area contributed by atoms with Crippen molar-refractivity contribution in [3.63, 3.8) is 0 Å². The number of pyridine rings is 1. The summed E-state index contributed by atoms with van der Waals surface area (Å²) in [7, 11) is 0. The fraction of sp³-hybridized carbons (Fsp3) is 0. The van der Waals surface area contributed by atoms with Gasteiger partial charge in [-0.05, 0) is 29.7 Å². The molecule has 0 atom stereocenters.